The summed E-state index contributed by atoms with van der Waals surface area (Å²) in [5, 5.41) is 12.6. The zero-order chi connectivity index (χ0) is 11.7. The van der Waals surface area contributed by atoms with Crippen molar-refractivity contribution >= 4 is 0 Å². The highest BCUT2D eigenvalue weighted by Gasteiger charge is 2.12. The van der Waals surface area contributed by atoms with Crippen molar-refractivity contribution in [3.8, 4) is 0 Å². The van der Waals surface area contributed by atoms with E-state index in [0.29, 0.717) is 5.92 Å². The fourth-order valence-corrected chi connectivity index (χ4v) is 1.70. The average molecular weight is 216 g/mol. The maximum atomic E-state index is 9.24. The fourth-order valence-electron chi connectivity index (χ4n) is 1.70. The SMILES string of the molecule is CCCNC(CO)CN(CC)CC(C)C. The molecule has 3 heteroatoms. The molecule has 92 valence electrons. The van der Waals surface area contributed by atoms with Crippen LogP contribution in [0, 0.1) is 5.92 Å². The molecule has 0 heterocycles. The lowest BCUT2D eigenvalue weighted by Crippen LogP contribution is -2.44. The predicted molar refractivity (Wildman–Crippen MR) is 66.1 cm³/mol. The van der Waals surface area contributed by atoms with Crippen LogP contribution in [0.15, 0.2) is 0 Å². The molecule has 0 aliphatic carbocycles. The summed E-state index contributed by atoms with van der Waals surface area (Å²) in [5.41, 5.74) is 0. The minimum atomic E-state index is 0.226. The molecule has 0 radical (unpaired) electrons. The number of nitrogens with one attached hydrogen (secondary N) is 1. The van der Waals surface area contributed by atoms with Crippen LogP contribution in [0.1, 0.15) is 34.1 Å². The third kappa shape index (κ3) is 7.77. The van der Waals surface area contributed by atoms with E-state index in [1.54, 1.807) is 0 Å². The van der Waals surface area contributed by atoms with Crippen molar-refractivity contribution in [1.29, 1.82) is 0 Å². The summed E-state index contributed by atoms with van der Waals surface area (Å²) in [6.45, 7) is 13.1. The zero-order valence-corrected chi connectivity index (χ0v) is 10.8. The van der Waals surface area contributed by atoms with Crippen LogP contribution in [0.3, 0.4) is 0 Å². The number of likely N-dealkylation sites (N-methyl/N-ethyl adjacent to an activating group) is 1. The Labute approximate surface area is 94.9 Å². The van der Waals surface area contributed by atoms with Crippen LogP contribution < -0.4 is 5.32 Å². The van der Waals surface area contributed by atoms with Crippen LogP contribution in [0.4, 0.5) is 0 Å². The molecule has 0 amide bonds. The van der Waals surface area contributed by atoms with E-state index in [2.05, 4.69) is 37.9 Å². The average Bonchev–Trinajstić information content (AvgIpc) is 2.21. The van der Waals surface area contributed by atoms with Gasteiger partial charge in [0.05, 0.1) is 6.61 Å². The zero-order valence-electron chi connectivity index (χ0n) is 10.8. The Bertz CT molecular complexity index is 140. The topological polar surface area (TPSA) is 35.5 Å². The number of hydrogen-bond donors (Lipinski definition) is 2. The van der Waals surface area contributed by atoms with Crippen LogP contribution in [-0.2, 0) is 0 Å². The van der Waals surface area contributed by atoms with Gasteiger partial charge in [-0.25, -0.2) is 0 Å². The van der Waals surface area contributed by atoms with Crippen LogP contribution >= 0.6 is 0 Å². The van der Waals surface area contributed by atoms with Gasteiger partial charge < -0.3 is 15.3 Å². The maximum Gasteiger partial charge on any atom is 0.0597 e. The Kier molecular flexibility index (Phi) is 9.06. The molecule has 1 atom stereocenters. The second-order valence-corrected chi connectivity index (χ2v) is 4.58. The van der Waals surface area contributed by atoms with Crippen molar-refractivity contribution < 1.29 is 5.11 Å². The Hall–Kier alpha value is -0.120. The summed E-state index contributed by atoms with van der Waals surface area (Å²) in [5.74, 6) is 0.690. The Morgan fingerprint density at radius 1 is 1.20 bits per heavy atom. The number of hydrogen-bond acceptors (Lipinski definition) is 3. The molecule has 0 aromatic carbocycles. The first-order chi connectivity index (χ1) is 7.13. The monoisotopic (exact) mass is 216 g/mol. The highest BCUT2D eigenvalue weighted by molar-refractivity contribution is 4.71. The molecule has 1 unspecified atom stereocenters. The van der Waals surface area contributed by atoms with E-state index in [4.69, 9.17) is 0 Å². The first kappa shape index (κ1) is 14.9. The van der Waals surface area contributed by atoms with E-state index in [9.17, 15) is 5.11 Å². The second kappa shape index (κ2) is 9.13. The molecule has 3 nitrogen and oxygen atoms in total. The Morgan fingerprint density at radius 3 is 2.27 bits per heavy atom. The normalized spacial score (nSPS) is 13.8. The van der Waals surface area contributed by atoms with Crippen molar-refractivity contribution in [3.05, 3.63) is 0 Å². The highest BCUT2D eigenvalue weighted by Crippen LogP contribution is 1.99. The molecule has 0 spiro atoms. The third-order valence-electron chi connectivity index (χ3n) is 2.45. The van der Waals surface area contributed by atoms with Crippen molar-refractivity contribution in [2.24, 2.45) is 5.92 Å². The molecule has 0 saturated carbocycles. The van der Waals surface area contributed by atoms with Crippen LogP contribution in [0.5, 0.6) is 0 Å². The van der Waals surface area contributed by atoms with E-state index in [1.165, 1.54) is 0 Å². The molecule has 0 rings (SSSR count). The van der Waals surface area contributed by atoms with Crippen molar-refractivity contribution in [2.75, 3.05) is 32.8 Å². The van der Waals surface area contributed by atoms with Gasteiger partial charge in [0.25, 0.3) is 0 Å². The Morgan fingerprint density at radius 2 is 1.87 bits per heavy atom. The minimum Gasteiger partial charge on any atom is -0.395 e. The van der Waals surface area contributed by atoms with E-state index in [1.807, 2.05) is 0 Å². The van der Waals surface area contributed by atoms with Gasteiger partial charge in [0.1, 0.15) is 0 Å². The van der Waals surface area contributed by atoms with E-state index < -0.39 is 0 Å². The van der Waals surface area contributed by atoms with Crippen LogP contribution in [0.2, 0.25) is 0 Å². The fraction of sp³-hybridized carbons (Fsp3) is 1.00. The lowest BCUT2D eigenvalue weighted by atomic mass is 10.2. The summed E-state index contributed by atoms with van der Waals surface area (Å²) in [7, 11) is 0. The summed E-state index contributed by atoms with van der Waals surface area (Å²) in [4.78, 5) is 2.40. The number of aliphatic hydroxyl groups is 1. The quantitative estimate of drug-likeness (QED) is 0.610. The summed E-state index contributed by atoms with van der Waals surface area (Å²) >= 11 is 0. The molecule has 0 aromatic rings. The highest BCUT2D eigenvalue weighted by atomic mass is 16.3. The van der Waals surface area contributed by atoms with Gasteiger partial charge in [-0.2, -0.15) is 0 Å². The predicted octanol–water partition coefficient (Wildman–Crippen LogP) is 1.32. The number of nitrogens with zero attached hydrogens (tertiary/aromatic N) is 1. The second-order valence-electron chi connectivity index (χ2n) is 4.58. The van der Waals surface area contributed by atoms with Gasteiger partial charge in [-0.1, -0.05) is 27.7 Å². The van der Waals surface area contributed by atoms with Crippen molar-refractivity contribution in [2.45, 2.75) is 40.2 Å². The van der Waals surface area contributed by atoms with Gasteiger partial charge in [-0.15, -0.1) is 0 Å². The van der Waals surface area contributed by atoms with Gasteiger partial charge in [0, 0.05) is 19.1 Å². The molecule has 0 bridgehead atoms. The van der Waals surface area contributed by atoms with Crippen LogP contribution in [-0.4, -0.2) is 48.8 Å². The minimum absolute atomic E-state index is 0.226. The van der Waals surface area contributed by atoms with Gasteiger partial charge >= 0.3 is 0 Å². The molecular weight excluding hydrogens is 188 g/mol. The third-order valence-corrected chi connectivity index (χ3v) is 2.45. The molecule has 0 aliphatic rings. The molecular formula is C12H28N2O. The largest absolute Gasteiger partial charge is 0.395 e. The van der Waals surface area contributed by atoms with E-state index in [-0.39, 0.29) is 12.6 Å². The molecule has 0 aromatic heterocycles. The lowest BCUT2D eigenvalue weighted by molar-refractivity contribution is 0.175. The Balaban J connectivity index is 3.88. The maximum absolute atomic E-state index is 9.24. The number of aliphatic hydroxyl groups excluding tert-OH is 1. The molecule has 2 N–H and O–H groups in total. The molecule has 0 saturated heterocycles. The summed E-state index contributed by atoms with van der Waals surface area (Å²) in [6, 6.07) is 0.226. The van der Waals surface area contributed by atoms with Gasteiger partial charge in [0.15, 0.2) is 0 Å². The van der Waals surface area contributed by atoms with Gasteiger partial charge in [0.2, 0.25) is 0 Å². The summed E-state index contributed by atoms with van der Waals surface area (Å²) < 4.78 is 0. The lowest BCUT2D eigenvalue weighted by Gasteiger charge is -2.27. The van der Waals surface area contributed by atoms with Crippen molar-refractivity contribution in [1.82, 2.24) is 10.2 Å². The first-order valence-corrected chi connectivity index (χ1v) is 6.20. The van der Waals surface area contributed by atoms with Gasteiger partial charge in [-0.05, 0) is 25.4 Å². The van der Waals surface area contributed by atoms with E-state index >= 15 is 0 Å². The van der Waals surface area contributed by atoms with E-state index in [0.717, 1.165) is 32.6 Å². The molecule has 0 fully saturated rings. The summed E-state index contributed by atoms with van der Waals surface area (Å²) in [6.07, 6.45) is 1.12. The smallest absolute Gasteiger partial charge is 0.0597 e. The first-order valence-electron chi connectivity index (χ1n) is 6.20. The van der Waals surface area contributed by atoms with Crippen LogP contribution in [0.25, 0.3) is 0 Å². The van der Waals surface area contributed by atoms with Gasteiger partial charge in [-0.3, -0.25) is 0 Å². The molecule has 0 aliphatic heterocycles. The standard InChI is InChI=1S/C12H28N2O/c1-5-7-13-12(10-15)9-14(6-2)8-11(3)4/h11-13,15H,5-10H2,1-4H3. The number of rotatable bonds is 9. The van der Waals surface area contributed by atoms with Crippen molar-refractivity contribution in [3.63, 3.8) is 0 Å². The molecule has 15 heavy (non-hydrogen) atoms.